The fraction of sp³-hybridized carbons (Fsp3) is 0.538. The van der Waals surface area contributed by atoms with Gasteiger partial charge in [-0.2, -0.15) is 0 Å². The number of thioether (sulfide) groups is 1. The minimum Gasteiger partial charge on any atom is -0.271 e. The highest BCUT2D eigenvalue weighted by atomic mass is 35.5. The molecule has 0 bridgehead atoms. The maximum absolute atomic E-state index is 6.12. The van der Waals surface area contributed by atoms with Gasteiger partial charge in [0.15, 0.2) is 0 Å². The van der Waals surface area contributed by atoms with Crippen LogP contribution in [-0.2, 0) is 0 Å². The maximum atomic E-state index is 6.12. The molecule has 0 spiro atoms. The molecule has 0 saturated heterocycles. The first kappa shape index (κ1) is 13.2. The summed E-state index contributed by atoms with van der Waals surface area (Å²) in [5, 5.41) is 0.829. The van der Waals surface area contributed by atoms with Crippen molar-refractivity contribution in [1.82, 2.24) is 5.43 Å². The normalized spacial score (nSPS) is 17.1. The van der Waals surface area contributed by atoms with E-state index in [2.05, 4.69) is 11.5 Å². The molecule has 0 heterocycles. The van der Waals surface area contributed by atoms with Gasteiger partial charge >= 0.3 is 0 Å². The Bertz CT molecular complexity index is 355. The summed E-state index contributed by atoms with van der Waals surface area (Å²) >= 11 is 7.89. The van der Waals surface area contributed by atoms with Crippen LogP contribution >= 0.6 is 23.4 Å². The molecule has 1 saturated carbocycles. The highest BCUT2D eigenvalue weighted by Crippen LogP contribution is 2.34. The Hall–Kier alpha value is -0.220. The van der Waals surface area contributed by atoms with E-state index >= 15 is 0 Å². The van der Waals surface area contributed by atoms with Gasteiger partial charge in [-0.1, -0.05) is 36.6 Å². The van der Waals surface area contributed by atoms with E-state index in [1.54, 1.807) is 11.8 Å². The molecule has 2 rings (SSSR count). The number of hydrogen-bond acceptors (Lipinski definition) is 3. The van der Waals surface area contributed by atoms with Crippen LogP contribution in [0.15, 0.2) is 29.2 Å². The van der Waals surface area contributed by atoms with Crippen molar-refractivity contribution in [3.05, 3.63) is 29.3 Å². The molecule has 2 nitrogen and oxygen atoms in total. The number of nitrogens with two attached hydrogens (primary N) is 1. The van der Waals surface area contributed by atoms with Gasteiger partial charge in [-0.15, -0.1) is 11.8 Å². The van der Waals surface area contributed by atoms with Crippen LogP contribution in [0.5, 0.6) is 0 Å². The van der Waals surface area contributed by atoms with Crippen LogP contribution in [0.1, 0.15) is 25.7 Å². The largest absolute Gasteiger partial charge is 0.271 e. The molecule has 0 aliphatic heterocycles. The highest BCUT2D eigenvalue weighted by Gasteiger charge is 2.22. The van der Waals surface area contributed by atoms with Crippen LogP contribution in [0.2, 0.25) is 5.02 Å². The zero-order chi connectivity index (χ0) is 12.1. The molecule has 3 N–H and O–H groups in total. The van der Waals surface area contributed by atoms with E-state index in [1.807, 2.05) is 18.2 Å². The van der Waals surface area contributed by atoms with Gasteiger partial charge in [-0.05, 0) is 30.9 Å². The molecule has 1 aliphatic rings. The monoisotopic (exact) mass is 270 g/mol. The molecule has 1 aromatic carbocycles. The Labute approximate surface area is 112 Å². The molecule has 1 aromatic rings. The van der Waals surface area contributed by atoms with Crippen LogP contribution in [-0.4, -0.2) is 11.8 Å². The molecule has 1 unspecified atom stereocenters. The van der Waals surface area contributed by atoms with Crippen molar-refractivity contribution >= 4 is 23.4 Å². The number of hydrogen-bond donors (Lipinski definition) is 2. The van der Waals surface area contributed by atoms with Gasteiger partial charge in [0.1, 0.15) is 0 Å². The van der Waals surface area contributed by atoms with E-state index in [0.717, 1.165) is 21.6 Å². The SMILES string of the molecule is NNC(CCC1CC1)CSc1ccccc1Cl. The summed E-state index contributed by atoms with van der Waals surface area (Å²) in [5.41, 5.74) is 2.91. The second-order valence-corrected chi connectivity index (χ2v) is 6.09. The summed E-state index contributed by atoms with van der Waals surface area (Å²) in [4.78, 5) is 1.14. The van der Waals surface area contributed by atoms with Gasteiger partial charge in [0, 0.05) is 16.7 Å². The fourth-order valence-corrected chi connectivity index (χ4v) is 3.13. The highest BCUT2D eigenvalue weighted by molar-refractivity contribution is 7.99. The summed E-state index contributed by atoms with van der Waals surface area (Å²) in [6, 6.07) is 8.35. The molecule has 1 atom stereocenters. The number of halogens is 1. The Morgan fingerprint density at radius 1 is 1.41 bits per heavy atom. The van der Waals surface area contributed by atoms with E-state index < -0.39 is 0 Å². The van der Waals surface area contributed by atoms with E-state index in [1.165, 1.54) is 25.7 Å². The van der Waals surface area contributed by atoms with E-state index in [0.29, 0.717) is 6.04 Å². The number of benzene rings is 1. The van der Waals surface area contributed by atoms with Gasteiger partial charge in [0.25, 0.3) is 0 Å². The molecule has 1 fully saturated rings. The molecule has 0 radical (unpaired) electrons. The third-order valence-corrected chi connectivity index (χ3v) is 4.81. The maximum Gasteiger partial charge on any atom is 0.0541 e. The summed E-state index contributed by atoms with van der Waals surface area (Å²) in [5.74, 6) is 7.53. The van der Waals surface area contributed by atoms with Crippen LogP contribution in [0.3, 0.4) is 0 Å². The van der Waals surface area contributed by atoms with Crippen LogP contribution < -0.4 is 11.3 Å². The summed E-state index contributed by atoms with van der Waals surface area (Å²) < 4.78 is 0. The standard InChI is InChI=1S/C13H19ClN2S/c14-12-3-1-2-4-13(12)17-9-11(16-15)8-7-10-5-6-10/h1-4,10-11,16H,5-9,15H2. The van der Waals surface area contributed by atoms with Gasteiger partial charge in [0.2, 0.25) is 0 Å². The van der Waals surface area contributed by atoms with Crippen molar-refractivity contribution in [2.75, 3.05) is 5.75 Å². The second kappa shape index (κ2) is 6.64. The average Bonchev–Trinajstić information content (AvgIpc) is 3.15. The smallest absolute Gasteiger partial charge is 0.0541 e. The van der Waals surface area contributed by atoms with Crippen molar-refractivity contribution in [2.24, 2.45) is 11.8 Å². The number of rotatable bonds is 7. The van der Waals surface area contributed by atoms with E-state index in [9.17, 15) is 0 Å². The first-order valence-electron chi connectivity index (χ1n) is 6.13. The fourth-order valence-electron chi connectivity index (χ4n) is 1.81. The Morgan fingerprint density at radius 3 is 2.82 bits per heavy atom. The average molecular weight is 271 g/mol. The van der Waals surface area contributed by atoms with Crippen molar-refractivity contribution in [3.8, 4) is 0 Å². The zero-order valence-corrected chi connectivity index (χ0v) is 11.4. The predicted octanol–water partition coefficient (Wildman–Crippen LogP) is 3.45. The summed E-state index contributed by atoms with van der Waals surface area (Å²) in [6.07, 6.45) is 5.29. The third-order valence-electron chi connectivity index (χ3n) is 3.13. The van der Waals surface area contributed by atoms with Gasteiger partial charge < -0.3 is 0 Å². The van der Waals surface area contributed by atoms with Gasteiger partial charge in [0.05, 0.1) is 5.02 Å². The summed E-state index contributed by atoms with van der Waals surface area (Å²) in [6.45, 7) is 0. The van der Waals surface area contributed by atoms with Crippen molar-refractivity contribution in [3.63, 3.8) is 0 Å². The quantitative estimate of drug-likeness (QED) is 0.453. The summed E-state index contributed by atoms with van der Waals surface area (Å²) in [7, 11) is 0. The molecular weight excluding hydrogens is 252 g/mol. The van der Waals surface area contributed by atoms with Crippen LogP contribution in [0.25, 0.3) is 0 Å². The molecule has 0 aromatic heterocycles. The van der Waals surface area contributed by atoms with Crippen LogP contribution in [0, 0.1) is 5.92 Å². The van der Waals surface area contributed by atoms with E-state index in [-0.39, 0.29) is 0 Å². The van der Waals surface area contributed by atoms with Crippen molar-refractivity contribution < 1.29 is 0 Å². The van der Waals surface area contributed by atoms with E-state index in [4.69, 9.17) is 17.4 Å². The molecule has 94 valence electrons. The van der Waals surface area contributed by atoms with Crippen LogP contribution in [0.4, 0.5) is 0 Å². The first-order chi connectivity index (χ1) is 8.29. The Morgan fingerprint density at radius 2 is 2.18 bits per heavy atom. The minimum atomic E-state index is 0.386. The zero-order valence-electron chi connectivity index (χ0n) is 9.86. The predicted molar refractivity (Wildman–Crippen MR) is 75.2 cm³/mol. The van der Waals surface area contributed by atoms with Crippen molar-refractivity contribution in [2.45, 2.75) is 36.6 Å². The first-order valence-corrected chi connectivity index (χ1v) is 7.49. The number of hydrazine groups is 1. The van der Waals surface area contributed by atoms with Gasteiger partial charge in [-0.3, -0.25) is 11.3 Å². The lowest BCUT2D eigenvalue weighted by Gasteiger charge is -2.15. The lowest BCUT2D eigenvalue weighted by Crippen LogP contribution is -2.37. The van der Waals surface area contributed by atoms with Crippen molar-refractivity contribution in [1.29, 1.82) is 0 Å². The molecule has 1 aliphatic carbocycles. The molecule has 4 heteroatoms. The topological polar surface area (TPSA) is 38.0 Å². The third kappa shape index (κ3) is 4.51. The lowest BCUT2D eigenvalue weighted by molar-refractivity contribution is 0.501. The number of nitrogens with one attached hydrogen (secondary N) is 1. The molecular formula is C13H19ClN2S. The molecule has 17 heavy (non-hydrogen) atoms. The second-order valence-electron chi connectivity index (χ2n) is 4.63. The Kier molecular flexibility index (Phi) is 5.16. The molecule has 0 amide bonds. The lowest BCUT2D eigenvalue weighted by atomic mass is 10.1. The minimum absolute atomic E-state index is 0.386. The Balaban J connectivity index is 1.76. The van der Waals surface area contributed by atoms with Gasteiger partial charge in [-0.25, -0.2) is 0 Å².